The normalized spacial score (nSPS) is 10.9. The molecule has 0 unspecified atom stereocenters. The van der Waals surface area contributed by atoms with Crippen molar-refractivity contribution in [3.05, 3.63) is 52.7 Å². The molecule has 0 radical (unpaired) electrons. The zero-order valence-corrected chi connectivity index (χ0v) is 10.8. The fourth-order valence-electron chi connectivity index (χ4n) is 1.72. The lowest BCUT2D eigenvalue weighted by atomic mass is 10.2. The number of aromatic nitrogens is 1. The summed E-state index contributed by atoms with van der Waals surface area (Å²) in [6.45, 7) is 0. The molecule has 3 aromatic rings. The summed E-state index contributed by atoms with van der Waals surface area (Å²) in [7, 11) is 0. The number of fused-ring (bicyclic) bond motifs is 1. The van der Waals surface area contributed by atoms with Gasteiger partial charge in [0.1, 0.15) is 5.52 Å². The number of halogens is 1. The second-order valence-electron chi connectivity index (χ2n) is 3.78. The topological polar surface area (TPSA) is 56.2 Å². The molecule has 4 nitrogen and oxygen atoms in total. The standard InChI is InChI=1S/C13H8BrNO3/c14-13-8(5-6-17-13)10(16)7-12-15-9-3-1-2-4-11(9)18-12/h1-6H,7H2. The summed E-state index contributed by atoms with van der Waals surface area (Å²) in [4.78, 5) is 16.2. The van der Waals surface area contributed by atoms with Crippen LogP contribution in [0.1, 0.15) is 16.2 Å². The first kappa shape index (κ1) is 11.2. The fraction of sp³-hybridized carbons (Fsp3) is 0.0769. The quantitative estimate of drug-likeness (QED) is 0.694. The summed E-state index contributed by atoms with van der Waals surface area (Å²) in [5, 5.41) is 0. The Kier molecular flexibility index (Phi) is 2.76. The zero-order chi connectivity index (χ0) is 12.5. The summed E-state index contributed by atoms with van der Waals surface area (Å²) in [5.41, 5.74) is 1.94. The Morgan fingerprint density at radius 2 is 2.11 bits per heavy atom. The first-order chi connectivity index (χ1) is 8.74. The van der Waals surface area contributed by atoms with Gasteiger partial charge in [-0.05, 0) is 34.1 Å². The average Bonchev–Trinajstić information content (AvgIpc) is 2.94. The lowest BCUT2D eigenvalue weighted by molar-refractivity contribution is 0.0984. The molecule has 0 aliphatic heterocycles. The van der Waals surface area contributed by atoms with Crippen molar-refractivity contribution in [2.45, 2.75) is 6.42 Å². The number of Topliss-reactive ketones (excluding diaryl/α,β-unsaturated/α-hetero) is 1. The summed E-state index contributed by atoms with van der Waals surface area (Å²) < 4.78 is 11.0. The summed E-state index contributed by atoms with van der Waals surface area (Å²) >= 11 is 3.18. The Labute approximate surface area is 111 Å². The third-order valence-electron chi connectivity index (χ3n) is 2.57. The van der Waals surface area contributed by atoms with Crippen molar-refractivity contribution in [1.82, 2.24) is 4.98 Å². The van der Waals surface area contributed by atoms with Crippen molar-refractivity contribution in [2.24, 2.45) is 0 Å². The highest BCUT2D eigenvalue weighted by atomic mass is 79.9. The Balaban J connectivity index is 1.88. The molecule has 0 saturated carbocycles. The number of nitrogens with zero attached hydrogens (tertiary/aromatic N) is 1. The highest BCUT2D eigenvalue weighted by Gasteiger charge is 2.16. The number of ketones is 1. The highest BCUT2D eigenvalue weighted by molar-refractivity contribution is 9.10. The van der Waals surface area contributed by atoms with E-state index in [2.05, 4.69) is 20.9 Å². The predicted octanol–water partition coefficient (Wildman–Crippen LogP) is 3.61. The van der Waals surface area contributed by atoms with E-state index in [4.69, 9.17) is 8.83 Å². The van der Waals surface area contributed by atoms with Crippen LogP contribution in [0.15, 0.2) is 50.1 Å². The van der Waals surface area contributed by atoms with Crippen molar-refractivity contribution in [2.75, 3.05) is 0 Å². The lowest BCUT2D eigenvalue weighted by Gasteiger charge is -1.93. The smallest absolute Gasteiger partial charge is 0.203 e. The first-order valence-corrected chi connectivity index (χ1v) is 6.14. The summed E-state index contributed by atoms with van der Waals surface area (Å²) in [5.74, 6) is 0.316. The molecule has 2 heterocycles. The van der Waals surface area contributed by atoms with Gasteiger partial charge in [-0.25, -0.2) is 4.98 Å². The van der Waals surface area contributed by atoms with E-state index in [1.54, 1.807) is 6.07 Å². The Bertz CT molecular complexity index is 681. The van der Waals surface area contributed by atoms with Gasteiger partial charge in [0.15, 0.2) is 16.0 Å². The van der Waals surface area contributed by atoms with Gasteiger partial charge in [0.05, 0.1) is 18.2 Å². The molecular formula is C13H8BrNO3. The molecule has 0 atom stereocenters. The molecular weight excluding hydrogens is 298 g/mol. The van der Waals surface area contributed by atoms with Crippen LogP contribution in [0.25, 0.3) is 11.1 Å². The van der Waals surface area contributed by atoms with Gasteiger partial charge in [0, 0.05) is 0 Å². The van der Waals surface area contributed by atoms with Crippen LogP contribution in [0.5, 0.6) is 0 Å². The average molecular weight is 306 g/mol. The van der Waals surface area contributed by atoms with Gasteiger partial charge in [-0.2, -0.15) is 0 Å². The molecule has 0 aliphatic carbocycles. The minimum Gasteiger partial charge on any atom is -0.457 e. The predicted molar refractivity (Wildman–Crippen MR) is 68.5 cm³/mol. The largest absolute Gasteiger partial charge is 0.457 e. The Morgan fingerprint density at radius 1 is 1.28 bits per heavy atom. The Hall–Kier alpha value is -1.88. The van der Waals surface area contributed by atoms with Crippen LogP contribution in [-0.4, -0.2) is 10.8 Å². The second kappa shape index (κ2) is 4.42. The SMILES string of the molecule is O=C(Cc1nc2ccccc2o1)c1ccoc1Br. The van der Waals surface area contributed by atoms with E-state index in [1.165, 1.54) is 6.26 Å². The molecule has 3 rings (SSSR count). The zero-order valence-electron chi connectivity index (χ0n) is 9.22. The van der Waals surface area contributed by atoms with E-state index in [-0.39, 0.29) is 12.2 Å². The number of furan rings is 1. The van der Waals surface area contributed by atoms with Gasteiger partial charge in [-0.1, -0.05) is 12.1 Å². The van der Waals surface area contributed by atoms with Crippen molar-refractivity contribution in [3.8, 4) is 0 Å². The van der Waals surface area contributed by atoms with E-state index in [0.717, 1.165) is 5.52 Å². The van der Waals surface area contributed by atoms with Gasteiger partial charge in [0.25, 0.3) is 0 Å². The van der Waals surface area contributed by atoms with Crippen LogP contribution in [0.3, 0.4) is 0 Å². The van der Waals surface area contributed by atoms with Crippen LogP contribution in [0, 0.1) is 0 Å². The number of carbonyl (C=O) groups is 1. The highest BCUT2D eigenvalue weighted by Crippen LogP contribution is 2.21. The maximum Gasteiger partial charge on any atom is 0.203 e. The molecule has 5 heteroatoms. The molecule has 0 fully saturated rings. The van der Waals surface area contributed by atoms with E-state index < -0.39 is 0 Å². The number of rotatable bonds is 3. The van der Waals surface area contributed by atoms with Gasteiger partial charge < -0.3 is 8.83 Å². The van der Waals surface area contributed by atoms with Gasteiger partial charge in [0.2, 0.25) is 5.89 Å². The summed E-state index contributed by atoms with van der Waals surface area (Å²) in [6.07, 6.45) is 1.58. The molecule has 1 aromatic carbocycles. The minimum atomic E-state index is -0.0952. The van der Waals surface area contributed by atoms with Crippen LogP contribution in [0.4, 0.5) is 0 Å². The molecule has 0 aliphatic rings. The molecule has 0 bridgehead atoms. The monoisotopic (exact) mass is 305 g/mol. The number of oxazole rings is 1. The number of hydrogen-bond donors (Lipinski definition) is 0. The number of carbonyl (C=O) groups excluding carboxylic acids is 1. The molecule has 0 saturated heterocycles. The van der Waals surface area contributed by atoms with Gasteiger partial charge in [-0.15, -0.1) is 0 Å². The fourth-order valence-corrected chi connectivity index (χ4v) is 2.18. The van der Waals surface area contributed by atoms with Crippen LogP contribution in [0.2, 0.25) is 0 Å². The lowest BCUT2D eigenvalue weighted by Crippen LogP contribution is -2.02. The van der Waals surface area contributed by atoms with Crippen LogP contribution < -0.4 is 0 Å². The van der Waals surface area contributed by atoms with Gasteiger partial charge in [-0.3, -0.25) is 4.79 Å². The van der Waals surface area contributed by atoms with E-state index in [0.29, 0.717) is 21.7 Å². The third-order valence-corrected chi connectivity index (χ3v) is 3.18. The van der Waals surface area contributed by atoms with Crippen LogP contribution >= 0.6 is 15.9 Å². The maximum absolute atomic E-state index is 12.0. The third kappa shape index (κ3) is 1.97. The number of para-hydroxylation sites is 2. The number of hydrogen-bond acceptors (Lipinski definition) is 4. The molecule has 2 aromatic heterocycles. The number of benzene rings is 1. The molecule has 0 amide bonds. The van der Waals surface area contributed by atoms with Crippen molar-refractivity contribution < 1.29 is 13.6 Å². The maximum atomic E-state index is 12.0. The van der Waals surface area contributed by atoms with Gasteiger partial charge >= 0.3 is 0 Å². The van der Waals surface area contributed by atoms with Crippen LogP contribution in [-0.2, 0) is 6.42 Å². The van der Waals surface area contributed by atoms with E-state index in [1.807, 2.05) is 24.3 Å². The minimum absolute atomic E-state index is 0.0952. The Morgan fingerprint density at radius 3 is 2.83 bits per heavy atom. The molecule has 90 valence electrons. The molecule has 0 N–H and O–H groups in total. The van der Waals surface area contributed by atoms with E-state index in [9.17, 15) is 4.79 Å². The molecule has 18 heavy (non-hydrogen) atoms. The molecule has 0 spiro atoms. The second-order valence-corrected chi connectivity index (χ2v) is 4.50. The van der Waals surface area contributed by atoms with E-state index >= 15 is 0 Å². The first-order valence-electron chi connectivity index (χ1n) is 5.34. The van der Waals surface area contributed by atoms with Crippen molar-refractivity contribution in [3.63, 3.8) is 0 Å². The summed E-state index contributed by atoms with van der Waals surface area (Å²) in [6, 6.07) is 9.04. The van der Waals surface area contributed by atoms with Crippen molar-refractivity contribution >= 4 is 32.8 Å². The van der Waals surface area contributed by atoms with Crippen molar-refractivity contribution in [1.29, 1.82) is 0 Å².